The van der Waals surface area contributed by atoms with Crippen LogP contribution in [0.3, 0.4) is 0 Å². The zero-order chi connectivity index (χ0) is 29.8. The Hall–Kier alpha value is -4.94. The van der Waals surface area contributed by atoms with Crippen molar-refractivity contribution in [2.75, 3.05) is 5.32 Å². The fraction of sp³-hybridized carbons (Fsp3) is 0.103. The normalized spacial score (nSPS) is 11.9. The van der Waals surface area contributed by atoms with Crippen LogP contribution in [0.4, 0.5) is 18.9 Å². The summed E-state index contributed by atoms with van der Waals surface area (Å²) in [5.74, 6) is -0.554. The number of H-pyrrole nitrogens is 1. The molecule has 3 heterocycles. The fourth-order valence-electron chi connectivity index (χ4n) is 4.76. The number of aliphatic hydroxyl groups excluding tert-OH is 1. The van der Waals surface area contributed by atoms with Crippen molar-refractivity contribution < 1.29 is 23.1 Å². The molecule has 3 aromatic carbocycles. The largest absolute Gasteiger partial charge is 0.416 e. The van der Waals surface area contributed by atoms with Crippen LogP contribution in [0.2, 0.25) is 5.02 Å². The van der Waals surface area contributed by atoms with Gasteiger partial charge in [-0.05, 0) is 48.0 Å². The van der Waals surface area contributed by atoms with Crippen LogP contribution < -0.4 is 10.9 Å². The smallest absolute Gasteiger partial charge is 0.392 e. The van der Waals surface area contributed by atoms with Crippen LogP contribution in [0.15, 0.2) is 77.7 Å². The average molecular weight is 593 g/mol. The average Bonchev–Trinajstić information content (AvgIpc) is 3.52. The number of amides is 1. The molecule has 0 atom stereocenters. The topological polar surface area (TPSA) is 118 Å². The van der Waals surface area contributed by atoms with E-state index in [4.69, 9.17) is 11.6 Å². The maximum atomic E-state index is 13.9. The van der Waals surface area contributed by atoms with Crippen LogP contribution in [-0.4, -0.2) is 35.6 Å². The number of halogens is 4. The molecule has 13 heteroatoms. The minimum Gasteiger partial charge on any atom is -0.392 e. The van der Waals surface area contributed by atoms with Crippen LogP contribution in [0.1, 0.15) is 21.5 Å². The summed E-state index contributed by atoms with van der Waals surface area (Å²) in [5.41, 5.74) is 0.686. The summed E-state index contributed by atoms with van der Waals surface area (Å²) in [6.45, 7) is -0.204. The Morgan fingerprint density at radius 1 is 1.10 bits per heavy atom. The number of aryl methyl sites for hydroxylation is 1. The number of nitrogens with one attached hydrogen (secondary N) is 2. The quantitative estimate of drug-likeness (QED) is 0.238. The molecule has 42 heavy (non-hydrogen) atoms. The molecule has 9 nitrogen and oxygen atoms in total. The minimum atomic E-state index is -4.59. The molecule has 0 saturated carbocycles. The zero-order valence-electron chi connectivity index (χ0n) is 21.7. The van der Waals surface area contributed by atoms with Crippen molar-refractivity contribution in [3.8, 4) is 16.9 Å². The number of carbonyl (C=O) groups is 1. The lowest BCUT2D eigenvalue weighted by atomic mass is 10.0. The summed E-state index contributed by atoms with van der Waals surface area (Å²) in [6.07, 6.45) is -3.09. The maximum absolute atomic E-state index is 13.9. The predicted octanol–water partition coefficient (Wildman–Crippen LogP) is 5.68. The standard InChI is InChI=1S/C29H20ClF3N6O3/c1-38-26-21(13-34-38)25-23(24(36-26)16-5-3-6-17(11-16)29(31,32)33)28(42)39(37-25)19-8-9-22(30)20(12-19)27(41)35-18-7-2-4-15(10-18)14-40/h2-13,37,40H,14H2,1H3,(H,35,41). The Morgan fingerprint density at radius 3 is 2.64 bits per heavy atom. The molecule has 0 fully saturated rings. The van der Waals surface area contributed by atoms with Gasteiger partial charge in [-0.2, -0.15) is 18.3 Å². The van der Waals surface area contributed by atoms with Gasteiger partial charge in [0.15, 0.2) is 5.65 Å². The van der Waals surface area contributed by atoms with E-state index in [1.165, 1.54) is 45.9 Å². The Bertz CT molecular complexity index is 2080. The van der Waals surface area contributed by atoms with E-state index in [1.54, 1.807) is 31.3 Å². The lowest BCUT2D eigenvalue weighted by Gasteiger charge is -2.10. The number of carbonyl (C=O) groups excluding carboxylic acids is 1. The van der Waals surface area contributed by atoms with Crippen molar-refractivity contribution in [3.63, 3.8) is 0 Å². The zero-order valence-corrected chi connectivity index (χ0v) is 22.5. The van der Waals surface area contributed by atoms with Crippen LogP contribution in [0, 0.1) is 0 Å². The van der Waals surface area contributed by atoms with Gasteiger partial charge in [0.25, 0.3) is 11.5 Å². The van der Waals surface area contributed by atoms with Gasteiger partial charge in [-0.3, -0.25) is 19.4 Å². The summed E-state index contributed by atoms with van der Waals surface area (Å²) in [7, 11) is 1.63. The Labute approximate surface area is 239 Å². The van der Waals surface area contributed by atoms with Gasteiger partial charge in [0.1, 0.15) is 0 Å². The number of pyridine rings is 1. The van der Waals surface area contributed by atoms with Gasteiger partial charge in [-0.1, -0.05) is 35.9 Å². The number of fused-ring (bicyclic) bond motifs is 3. The van der Waals surface area contributed by atoms with E-state index in [2.05, 4.69) is 20.5 Å². The van der Waals surface area contributed by atoms with Gasteiger partial charge in [-0.25, -0.2) is 9.67 Å². The highest BCUT2D eigenvalue weighted by Crippen LogP contribution is 2.35. The Morgan fingerprint density at radius 2 is 1.88 bits per heavy atom. The Balaban J connectivity index is 1.51. The van der Waals surface area contributed by atoms with Gasteiger partial charge in [0, 0.05) is 18.3 Å². The van der Waals surface area contributed by atoms with E-state index in [-0.39, 0.29) is 39.5 Å². The summed E-state index contributed by atoms with van der Waals surface area (Å²) in [4.78, 5) is 31.5. The second-order valence-corrected chi connectivity index (χ2v) is 9.93. The van der Waals surface area contributed by atoms with Gasteiger partial charge >= 0.3 is 6.18 Å². The molecule has 1 amide bonds. The molecule has 0 spiro atoms. The fourth-order valence-corrected chi connectivity index (χ4v) is 4.96. The molecule has 0 aliphatic rings. The first kappa shape index (κ1) is 27.2. The molecule has 0 bridgehead atoms. The van der Waals surface area contributed by atoms with E-state index >= 15 is 0 Å². The number of hydrogen-bond donors (Lipinski definition) is 3. The van der Waals surface area contributed by atoms with E-state index in [1.807, 2.05) is 0 Å². The third kappa shape index (κ3) is 4.70. The summed E-state index contributed by atoms with van der Waals surface area (Å²) < 4.78 is 43.2. The molecule has 0 aliphatic carbocycles. The molecular weight excluding hydrogens is 573 g/mol. The number of aliphatic hydroxyl groups is 1. The lowest BCUT2D eigenvalue weighted by Crippen LogP contribution is -2.17. The maximum Gasteiger partial charge on any atom is 0.416 e. The predicted molar refractivity (Wildman–Crippen MR) is 152 cm³/mol. The number of benzene rings is 3. The van der Waals surface area contributed by atoms with Crippen molar-refractivity contribution in [2.24, 2.45) is 7.05 Å². The molecule has 3 aromatic heterocycles. The highest BCUT2D eigenvalue weighted by molar-refractivity contribution is 6.34. The number of aromatic nitrogens is 5. The van der Waals surface area contributed by atoms with Crippen LogP contribution in [0.25, 0.3) is 38.9 Å². The summed E-state index contributed by atoms with van der Waals surface area (Å²) in [6, 6.07) is 15.6. The van der Waals surface area contributed by atoms with Gasteiger partial charge in [0.2, 0.25) is 0 Å². The minimum absolute atomic E-state index is 0.0443. The highest BCUT2D eigenvalue weighted by atomic mass is 35.5. The van der Waals surface area contributed by atoms with Crippen LogP contribution in [-0.2, 0) is 19.8 Å². The van der Waals surface area contributed by atoms with Crippen LogP contribution in [0.5, 0.6) is 0 Å². The number of anilines is 1. The van der Waals surface area contributed by atoms with E-state index in [0.29, 0.717) is 27.8 Å². The summed E-state index contributed by atoms with van der Waals surface area (Å²) in [5, 5.41) is 20.0. The first-order valence-corrected chi connectivity index (χ1v) is 12.9. The summed E-state index contributed by atoms with van der Waals surface area (Å²) >= 11 is 6.35. The monoisotopic (exact) mass is 592 g/mol. The molecule has 0 aliphatic heterocycles. The molecule has 6 rings (SSSR count). The van der Waals surface area contributed by atoms with Crippen molar-refractivity contribution in [2.45, 2.75) is 12.8 Å². The molecule has 6 aromatic rings. The van der Waals surface area contributed by atoms with Crippen molar-refractivity contribution in [1.29, 1.82) is 0 Å². The van der Waals surface area contributed by atoms with Crippen LogP contribution >= 0.6 is 11.6 Å². The molecule has 0 unspecified atom stereocenters. The highest BCUT2D eigenvalue weighted by Gasteiger charge is 2.31. The Kier molecular flexibility index (Phi) is 6.59. The van der Waals surface area contributed by atoms with Gasteiger partial charge < -0.3 is 10.4 Å². The number of hydrogen-bond acceptors (Lipinski definition) is 5. The molecule has 3 N–H and O–H groups in total. The number of alkyl halides is 3. The third-order valence-electron chi connectivity index (χ3n) is 6.81. The van der Waals surface area contributed by atoms with E-state index in [0.717, 1.165) is 12.1 Å². The first-order valence-electron chi connectivity index (χ1n) is 12.5. The van der Waals surface area contributed by atoms with Gasteiger partial charge in [-0.15, -0.1) is 0 Å². The second kappa shape index (κ2) is 10.2. The van der Waals surface area contributed by atoms with E-state index in [9.17, 15) is 27.9 Å². The first-order chi connectivity index (χ1) is 20.0. The number of rotatable bonds is 5. The number of aromatic amines is 1. The van der Waals surface area contributed by atoms with E-state index < -0.39 is 23.2 Å². The molecule has 0 saturated heterocycles. The van der Waals surface area contributed by atoms with Gasteiger partial charge in [0.05, 0.1) is 56.6 Å². The van der Waals surface area contributed by atoms with Crippen molar-refractivity contribution >= 4 is 45.1 Å². The molecule has 212 valence electrons. The molecular formula is C29H20ClF3N6O3. The SMILES string of the molecule is Cn1ncc2c3[nH]n(-c4ccc(Cl)c(C(=O)Nc5cccc(CO)c5)c4)c(=O)c3c(-c3cccc(C(F)(F)F)c3)nc21. The number of nitrogens with zero attached hydrogens (tertiary/aromatic N) is 4. The lowest BCUT2D eigenvalue weighted by molar-refractivity contribution is -0.137. The second-order valence-electron chi connectivity index (χ2n) is 9.52. The van der Waals surface area contributed by atoms with Crippen molar-refractivity contribution in [3.05, 3.63) is 105 Å². The molecule has 0 radical (unpaired) electrons. The van der Waals surface area contributed by atoms with Crippen molar-refractivity contribution in [1.82, 2.24) is 24.5 Å². The third-order valence-corrected chi connectivity index (χ3v) is 7.13.